The molecule has 104 valence electrons. The Hall–Kier alpha value is -2.00. The fraction of sp³-hybridized carbons (Fsp3) is 0.167. The van der Waals surface area contributed by atoms with E-state index in [1.807, 2.05) is 12.1 Å². The monoisotopic (exact) mass is 293 g/mol. The fourth-order valence-corrected chi connectivity index (χ4v) is 3.91. The minimum atomic E-state index is 0.272. The van der Waals surface area contributed by atoms with Crippen LogP contribution in [0.4, 0.5) is 11.4 Å². The molecule has 0 aliphatic carbocycles. The molecule has 0 saturated carbocycles. The first-order chi connectivity index (χ1) is 10.3. The second-order valence-corrected chi connectivity index (χ2v) is 6.47. The summed E-state index contributed by atoms with van der Waals surface area (Å²) >= 11 is 1.46. The van der Waals surface area contributed by atoms with Gasteiger partial charge in [0.15, 0.2) is 5.12 Å². The zero-order chi connectivity index (χ0) is 14.2. The zero-order valence-corrected chi connectivity index (χ0v) is 12.4. The van der Waals surface area contributed by atoms with Gasteiger partial charge in [-0.15, -0.1) is 0 Å². The van der Waals surface area contributed by atoms with Crippen molar-refractivity contribution in [2.75, 3.05) is 11.1 Å². The highest BCUT2D eigenvalue weighted by atomic mass is 32.2. The molecule has 0 amide bonds. The highest BCUT2D eigenvalue weighted by molar-refractivity contribution is 8.13. The number of hydrogen-bond donors (Lipinski definition) is 1. The number of hydrogen-bond acceptors (Lipinski definition) is 3. The number of benzene rings is 2. The summed E-state index contributed by atoms with van der Waals surface area (Å²) in [5.41, 5.74) is 7.14. The minimum Gasteiger partial charge on any atom is -0.355 e. The number of carbonyl (C=O) groups is 1. The molecule has 0 atom stereocenters. The summed E-state index contributed by atoms with van der Waals surface area (Å²) in [6.07, 6.45) is 1.46. The maximum absolute atomic E-state index is 12.1. The maximum Gasteiger partial charge on any atom is 0.193 e. The molecule has 2 aliphatic heterocycles. The molecular weight excluding hydrogens is 278 g/mol. The summed E-state index contributed by atoms with van der Waals surface area (Å²) < 4.78 is 0. The Bertz CT molecular complexity index is 763. The van der Waals surface area contributed by atoms with E-state index in [-0.39, 0.29) is 5.12 Å². The van der Waals surface area contributed by atoms with E-state index in [2.05, 4.69) is 41.7 Å². The third-order valence-corrected chi connectivity index (χ3v) is 4.95. The van der Waals surface area contributed by atoms with Crippen molar-refractivity contribution in [2.45, 2.75) is 12.8 Å². The van der Waals surface area contributed by atoms with Crippen molar-refractivity contribution in [3.8, 4) is 0 Å². The predicted octanol–water partition coefficient (Wildman–Crippen LogP) is 4.71. The first-order valence-corrected chi connectivity index (χ1v) is 8.15. The van der Waals surface area contributed by atoms with Gasteiger partial charge in [0.05, 0.1) is 0 Å². The van der Waals surface area contributed by atoms with Crippen LogP contribution in [-0.2, 0) is 4.79 Å². The van der Waals surface area contributed by atoms with Gasteiger partial charge in [-0.2, -0.15) is 0 Å². The summed E-state index contributed by atoms with van der Waals surface area (Å²) in [5.74, 6) is 0.869. The topological polar surface area (TPSA) is 29.1 Å². The standard InChI is InChI=1S/C18H15NOS/c20-18-11-15-12(9-10-21-18)13-5-1-3-7-16(13)19-17-8-4-2-6-14(15)17/h1-8,19H,9-11H2. The fourth-order valence-electron chi connectivity index (χ4n) is 3.13. The van der Waals surface area contributed by atoms with E-state index in [9.17, 15) is 4.79 Å². The van der Waals surface area contributed by atoms with Gasteiger partial charge in [0.25, 0.3) is 0 Å². The predicted molar refractivity (Wildman–Crippen MR) is 89.7 cm³/mol. The lowest BCUT2D eigenvalue weighted by Gasteiger charge is -2.11. The molecule has 0 unspecified atom stereocenters. The molecular formula is C18H15NOS. The van der Waals surface area contributed by atoms with Crippen molar-refractivity contribution < 1.29 is 4.79 Å². The van der Waals surface area contributed by atoms with Gasteiger partial charge in [-0.3, -0.25) is 4.79 Å². The van der Waals surface area contributed by atoms with E-state index in [1.54, 1.807) is 0 Å². The second kappa shape index (κ2) is 5.08. The zero-order valence-electron chi connectivity index (χ0n) is 11.6. The second-order valence-electron chi connectivity index (χ2n) is 5.32. The smallest absolute Gasteiger partial charge is 0.193 e. The van der Waals surface area contributed by atoms with Crippen LogP contribution in [-0.4, -0.2) is 10.9 Å². The molecule has 2 nitrogen and oxygen atoms in total. The molecule has 0 radical (unpaired) electrons. The van der Waals surface area contributed by atoms with Crippen molar-refractivity contribution in [3.05, 3.63) is 59.7 Å². The number of thioether (sulfide) groups is 1. The summed E-state index contributed by atoms with van der Waals surface area (Å²) in [4.78, 5) is 12.1. The Kier molecular flexibility index (Phi) is 3.08. The average molecular weight is 293 g/mol. The van der Waals surface area contributed by atoms with Crippen LogP contribution in [0.5, 0.6) is 0 Å². The molecule has 2 aromatic rings. The number of carbonyl (C=O) groups excluding carboxylic acids is 1. The highest BCUT2D eigenvalue weighted by Crippen LogP contribution is 2.44. The van der Waals surface area contributed by atoms with Crippen LogP contribution >= 0.6 is 11.8 Å². The molecule has 0 saturated heterocycles. The number of para-hydroxylation sites is 2. The Labute approximate surface area is 128 Å². The van der Waals surface area contributed by atoms with Gasteiger partial charge < -0.3 is 5.32 Å². The normalized spacial score (nSPS) is 17.0. The van der Waals surface area contributed by atoms with Crippen molar-refractivity contribution >= 4 is 39.4 Å². The maximum atomic E-state index is 12.1. The summed E-state index contributed by atoms with van der Waals surface area (Å²) in [6.45, 7) is 0. The highest BCUT2D eigenvalue weighted by Gasteiger charge is 2.25. The number of fused-ring (bicyclic) bond motifs is 4. The van der Waals surface area contributed by atoms with Crippen LogP contribution in [0.1, 0.15) is 24.0 Å². The largest absolute Gasteiger partial charge is 0.355 e. The van der Waals surface area contributed by atoms with Crippen molar-refractivity contribution in [1.82, 2.24) is 0 Å². The van der Waals surface area contributed by atoms with Crippen molar-refractivity contribution in [3.63, 3.8) is 0 Å². The van der Waals surface area contributed by atoms with Crippen LogP contribution < -0.4 is 5.32 Å². The number of allylic oxidation sites excluding steroid dienone is 2. The summed E-state index contributed by atoms with van der Waals surface area (Å²) in [7, 11) is 0. The van der Waals surface area contributed by atoms with Crippen LogP contribution in [0.2, 0.25) is 0 Å². The van der Waals surface area contributed by atoms with E-state index >= 15 is 0 Å². The van der Waals surface area contributed by atoms with Gasteiger partial charge in [-0.25, -0.2) is 0 Å². The van der Waals surface area contributed by atoms with Crippen LogP contribution in [0.25, 0.3) is 11.1 Å². The molecule has 0 spiro atoms. The van der Waals surface area contributed by atoms with Gasteiger partial charge in [0, 0.05) is 34.7 Å². The van der Waals surface area contributed by atoms with Gasteiger partial charge in [0.1, 0.15) is 0 Å². The van der Waals surface area contributed by atoms with E-state index in [0.29, 0.717) is 6.42 Å². The lowest BCUT2D eigenvalue weighted by atomic mass is 9.91. The Balaban J connectivity index is 2.02. The molecule has 1 N–H and O–H groups in total. The van der Waals surface area contributed by atoms with E-state index in [1.165, 1.54) is 34.0 Å². The minimum absolute atomic E-state index is 0.272. The lowest BCUT2D eigenvalue weighted by Crippen LogP contribution is -1.96. The lowest BCUT2D eigenvalue weighted by molar-refractivity contribution is -0.110. The molecule has 4 rings (SSSR count). The molecule has 2 aromatic carbocycles. The number of anilines is 2. The first kappa shape index (κ1) is 12.7. The molecule has 0 fully saturated rings. The molecule has 2 aliphatic rings. The van der Waals surface area contributed by atoms with Gasteiger partial charge in [-0.1, -0.05) is 48.2 Å². The van der Waals surface area contributed by atoms with Crippen molar-refractivity contribution in [2.24, 2.45) is 0 Å². The Morgan fingerprint density at radius 3 is 2.19 bits per heavy atom. The molecule has 2 heterocycles. The quantitative estimate of drug-likeness (QED) is 0.763. The summed E-state index contributed by atoms with van der Waals surface area (Å²) in [5, 5.41) is 3.81. The van der Waals surface area contributed by atoms with Crippen LogP contribution in [0.15, 0.2) is 48.5 Å². The van der Waals surface area contributed by atoms with Gasteiger partial charge in [0.2, 0.25) is 0 Å². The number of nitrogens with one attached hydrogen (secondary N) is 1. The first-order valence-electron chi connectivity index (χ1n) is 7.16. The van der Waals surface area contributed by atoms with E-state index in [4.69, 9.17) is 0 Å². The molecule has 21 heavy (non-hydrogen) atoms. The molecule has 3 heteroatoms. The van der Waals surface area contributed by atoms with Crippen molar-refractivity contribution in [1.29, 1.82) is 0 Å². The number of rotatable bonds is 0. The average Bonchev–Trinajstić information content (AvgIpc) is 2.76. The summed E-state index contributed by atoms with van der Waals surface area (Å²) in [6, 6.07) is 16.7. The van der Waals surface area contributed by atoms with Crippen LogP contribution in [0, 0.1) is 0 Å². The van der Waals surface area contributed by atoms with Gasteiger partial charge in [-0.05, 0) is 29.7 Å². The van der Waals surface area contributed by atoms with Crippen LogP contribution in [0.3, 0.4) is 0 Å². The SMILES string of the molecule is O=C1CC2=C(CCS1)c1ccccc1Nc1ccccc12. The third-order valence-electron chi connectivity index (χ3n) is 4.07. The Morgan fingerprint density at radius 2 is 1.48 bits per heavy atom. The van der Waals surface area contributed by atoms with Gasteiger partial charge >= 0.3 is 0 Å². The van der Waals surface area contributed by atoms with E-state index in [0.717, 1.165) is 23.5 Å². The third kappa shape index (κ3) is 2.18. The molecule has 0 aromatic heterocycles. The Morgan fingerprint density at radius 1 is 0.857 bits per heavy atom. The molecule has 0 bridgehead atoms. The van der Waals surface area contributed by atoms with E-state index < -0.39 is 0 Å².